The molecule has 11 heteroatoms. The highest BCUT2D eigenvalue weighted by Gasteiger charge is 2.28. The Hall–Kier alpha value is -2.00. The molecule has 0 spiro atoms. The topological polar surface area (TPSA) is 105 Å². The van der Waals surface area contributed by atoms with Gasteiger partial charge < -0.3 is 23.7 Å². The molecule has 1 aliphatic rings. The Bertz CT molecular complexity index is 1040. The SMILES string of the molecule is CC(C)OP(=O)(COCCn1cnc2c(NC3CC3)n3ccnc3nc21)OC(C)C. The summed E-state index contributed by atoms with van der Waals surface area (Å²) in [5.41, 5.74) is 1.53. The van der Waals surface area contributed by atoms with Gasteiger partial charge in [0.15, 0.2) is 5.65 Å². The van der Waals surface area contributed by atoms with Crippen molar-refractivity contribution in [2.75, 3.05) is 18.3 Å². The van der Waals surface area contributed by atoms with E-state index in [4.69, 9.17) is 13.8 Å². The first-order valence-corrected chi connectivity index (χ1v) is 12.1. The Kier molecular flexibility index (Phi) is 6.11. The predicted molar refractivity (Wildman–Crippen MR) is 114 cm³/mol. The highest BCUT2D eigenvalue weighted by molar-refractivity contribution is 7.53. The number of imidazole rings is 2. The summed E-state index contributed by atoms with van der Waals surface area (Å²) in [6, 6.07) is 0.478. The second kappa shape index (κ2) is 8.63. The third-order valence-corrected chi connectivity index (χ3v) is 6.47. The van der Waals surface area contributed by atoms with Crippen LogP contribution in [0.4, 0.5) is 5.82 Å². The van der Waals surface area contributed by atoms with E-state index < -0.39 is 7.60 Å². The lowest BCUT2D eigenvalue weighted by molar-refractivity contribution is 0.0961. The van der Waals surface area contributed by atoms with E-state index in [0.717, 1.165) is 29.8 Å². The maximum atomic E-state index is 12.9. The molecule has 4 rings (SSSR count). The van der Waals surface area contributed by atoms with Gasteiger partial charge in [0, 0.05) is 25.0 Å². The zero-order valence-corrected chi connectivity index (χ0v) is 18.7. The van der Waals surface area contributed by atoms with E-state index in [-0.39, 0.29) is 18.6 Å². The van der Waals surface area contributed by atoms with E-state index in [0.29, 0.717) is 25.0 Å². The van der Waals surface area contributed by atoms with Crippen LogP contribution in [0, 0.1) is 0 Å². The predicted octanol–water partition coefficient (Wildman–Crippen LogP) is 3.67. The summed E-state index contributed by atoms with van der Waals surface area (Å²) in [5, 5.41) is 3.53. The maximum Gasteiger partial charge on any atom is 0.356 e. The van der Waals surface area contributed by atoms with Gasteiger partial charge in [0.1, 0.15) is 17.7 Å². The van der Waals surface area contributed by atoms with Crippen LogP contribution in [0.2, 0.25) is 0 Å². The average Bonchev–Trinajstić information content (AvgIpc) is 3.19. The second-order valence-corrected chi connectivity index (χ2v) is 9.94. The van der Waals surface area contributed by atoms with Crippen LogP contribution in [0.3, 0.4) is 0 Å². The molecule has 10 nitrogen and oxygen atoms in total. The number of hydrogen-bond donors (Lipinski definition) is 1. The first kappa shape index (κ1) is 21.2. The number of fused-ring (bicyclic) bond motifs is 2. The van der Waals surface area contributed by atoms with Crippen molar-refractivity contribution in [3.63, 3.8) is 0 Å². The van der Waals surface area contributed by atoms with Crippen molar-refractivity contribution in [1.29, 1.82) is 0 Å². The summed E-state index contributed by atoms with van der Waals surface area (Å²) in [5.74, 6) is 1.53. The van der Waals surface area contributed by atoms with E-state index in [2.05, 4.69) is 20.3 Å². The standard InChI is InChI=1S/C19H29N6O4P/c1-13(2)28-30(26,29-14(3)4)12-27-10-9-24-11-21-16-17(24)23-19-20-7-8-25(19)18(16)22-15-5-6-15/h7-8,11,13-15,22H,5-6,9-10,12H2,1-4H3. The van der Waals surface area contributed by atoms with Crippen molar-refractivity contribution >= 4 is 30.4 Å². The number of rotatable bonds is 11. The molecule has 1 fully saturated rings. The summed E-state index contributed by atoms with van der Waals surface area (Å²) >= 11 is 0. The monoisotopic (exact) mass is 436 g/mol. The maximum absolute atomic E-state index is 12.9. The van der Waals surface area contributed by atoms with Crippen LogP contribution in [0.15, 0.2) is 18.7 Å². The van der Waals surface area contributed by atoms with Gasteiger partial charge in [-0.25, -0.2) is 9.97 Å². The van der Waals surface area contributed by atoms with Crippen LogP contribution in [0.5, 0.6) is 0 Å². The van der Waals surface area contributed by atoms with Gasteiger partial charge in [-0.3, -0.25) is 8.97 Å². The Balaban J connectivity index is 1.46. The number of ether oxygens (including phenoxy) is 1. The molecule has 3 aromatic rings. The molecule has 3 heterocycles. The third-order valence-electron chi connectivity index (χ3n) is 4.49. The van der Waals surface area contributed by atoms with E-state index in [1.54, 1.807) is 12.5 Å². The molecule has 1 saturated carbocycles. The average molecular weight is 436 g/mol. The highest BCUT2D eigenvalue weighted by Crippen LogP contribution is 2.50. The molecule has 30 heavy (non-hydrogen) atoms. The van der Waals surface area contributed by atoms with E-state index in [1.165, 1.54) is 0 Å². The van der Waals surface area contributed by atoms with Crippen molar-refractivity contribution in [3.8, 4) is 0 Å². The zero-order chi connectivity index (χ0) is 21.3. The number of nitrogens with one attached hydrogen (secondary N) is 1. The summed E-state index contributed by atoms with van der Waals surface area (Å²) < 4.78 is 33.4. The molecule has 0 aliphatic heterocycles. The van der Waals surface area contributed by atoms with E-state index in [1.807, 2.05) is 42.9 Å². The lowest BCUT2D eigenvalue weighted by Gasteiger charge is -2.22. The van der Waals surface area contributed by atoms with Crippen molar-refractivity contribution in [2.24, 2.45) is 0 Å². The van der Waals surface area contributed by atoms with Crippen LogP contribution >= 0.6 is 7.60 Å². The van der Waals surface area contributed by atoms with Gasteiger partial charge in [0.05, 0.1) is 25.1 Å². The Labute approximate surface area is 175 Å². The summed E-state index contributed by atoms with van der Waals surface area (Å²) in [6.07, 6.45) is 7.15. The van der Waals surface area contributed by atoms with Crippen LogP contribution in [0.25, 0.3) is 16.9 Å². The summed E-state index contributed by atoms with van der Waals surface area (Å²) in [4.78, 5) is 13.5. The Morgan fingerprint density at radius 2 is 1.93 bits per heavy atom. The number of aromatic nitrogens is 5. The van der Waals surface area contributed by atoms with Crippen LogP contribution in [0.1, 0.15) is 40.5 Å². The molecule has 0 bridgehead atoms. The minimum atomic E-state index is -3.31. The quantitative estimate of drug-likeness (QED) is 0.359. The molecule has 0 unspecified atom stereocenters. The number of hydrogen-bond acceptors (Lipinski definition) is 8. The van der Waals surface area contributed by atoms with Gasteiger partial charge in [-0.2, -0.15) is 4.98 Å². The molecule has 0 radical (unpaired) electrons. The van der Waals surface area contributed by atoms with Gasteiger partial charge in [-0.05, 0) is 40.5 Å². The van der Waals surface area contributed by atoms with Crippen molar-refractivity contribution in [3.05, 3.63) is 18.7 Å². The first-order valence-electron chi connectivity index (χ1n) is 10.3. The molecule has 0 aromatic carbocycles. The fourth-order valence-electron chi connectivity index (χ4n) is 3.21. The number of nitrogens with zero attached hydrogens (tertiary/aromatic N) is 5. The molecule has 1 N–H and O–H groups in total. The molecular formula is C19H29N6O4P. The lowest BCUT2D eigenvalue weighted by Crippen LogP contribution is -2.14. The molecule has 0 amide bonds. The Morgan fingerprint density at radius 1 is 1.20 bits per heavy atom. The first-order chi connectivity index (χ1) is 14.3. The highest BCUT2D eigenvalue weighted by atomic mass is 31.2. The molecule has 0 atom stereocenters. The fourth-order valence-corrected chi connectivity index (χ4v) is 5.02. The summed E-state index contributed by atoms with van der Waals surface area (Å²) in [7, 11) is -3.31. The number of anilines is 1. The third kappa shape index (κ3) is 4.83. The van der Waals surface area contributed by atoms with E-state index in [9.17, 15) is 4.57 Å². The fraction of sp³-hybridized carbons (Fsp3) is 0.632. The van der Waals surface area contributed by atoms with Crippen LogP contribution in [-0.4, -0.2) is 55.1 Å². The molecule has 1 aliphatic carbocycles. The van der Waals surface area contributed by atoms with Crippen molar-refractivity contribution in [2.45, 2.75) is 65.3 Å². The van der Waals surface area contributed by atoms with E-state index >= 15 is 0 Å². The van der Waals surface area contributed by atoms with Crippen molar-refractivity contribution < 1.29 is 18.3 Å². The second-order valence-electron chi connectivity index (χ2n) is 8.04. The van der Waals surface area contributed by atoms with Crippen LogP contribution < -0.4 is 5.32 Å². The van der Waals surface area contributed by atoms with Gasteiger partial charge >= 0.3 is 7.60 Å². The van der Waals surface area contributed by atoms with Gasteiger partial charge in [-0.15, -0.1) is 0 Å². The molecule has 0 saturated heterocycles. The smallest absolute Gasteiger partial charge is 0.356 e. The van der Waals surface area contributed by atoms with Crippen molar-refractivity contribution in [1.82, 2.24) is 23.9 Å². The minimum Gasteiger partial charge on any atom is -0.367 e. The van der Waals surface area contributed by atoms with Gasteiger partial charge in [0.2, 0.25) is 5.78 Å². The molecule has 3 aromatic heterocycles. The Morgan fingerprint density at radius 3 is 2.60 bits per heavy atom. The van der Waals surface area contributed by atoms with Gasteiger partial charge in [-0.1, -0.05) is 0 Å². The molecular weight excluding hydrogens is 407 g/mol. The van der Waals surface area contributed by atoms with Crippen LogP contribution in [-0.2, 0) is 24.9 Å². The largest absolute Gasteiger partial charge is 0.367 e. The normalized spacial score (nSPS) is 15.1. The minimum absolute atomic E-state index is 0.0948. The summed E-state index contributed by atoms with van der Waals surface area (Å²) in [6.45, 7) is 8.12. The molecule has 164 valence electrons. The lowest BCUT2D eigenvalue weighted by atomic mass is 10.4. The van der Waals surface area contributed by atoms with Gasteiger partial charge in [0.25, 0.3) is 0 Å². The zero-order valence-electron chi connectivity index (χ0n) is 17.8.